The molecule has 3 aromatic heterocycles. The Bertz CT molecular complexity index is 1490. The minimum absolute atomic E-state index is 0.685. The second-order valence-electron chi connectivity index (χ2n) is 10.3. The summed E-state index contributed by atoms with van der Waals surface area (Å²) < 4.78 is 2.21. The number of imidazole rings is 1. The number of rotatable bonds is 6. The van der Waals surface area contributed by atoms with Gasteiger partial charge in [-0.25, -0.2) is 4.98 Å². The van der Waals surface area contributed by atoms with Crippen molar-refractivity contribution in [2.24, 2.45) is 0 Å². The maximum Gasteiger partial charge on any atom is 0.137 e. The van der Waals surface area contributed by atoms with Crippen LogP contribution < -0.4 is 0 Å². The average Bonchev–Trinajstić information content (AvgIpc) is 3.35. The molecule has 0 atom stereocenters. The van der Waals surface area contributed by atoms with E-state index in [0.29, 0.717) is 5.92 Å². The first-order valence-corrected chi connectivity index (χ1v) is 13.3. The maximum atomic E-state index is 4.93. The highest BCUT2D eigenvalue weighted by Crippen LogP contribution is 2.32. The average molecular weight is 475 g/mol. The number of piperidine rings is 1. The van der Waals surface area contributed by atoms with E-state index in [1.54, 1.807) is 0 Å². The van der Waals surface area contributed by atoms with Crippen molar-refractivity contribution in [1.82, 2.24) is 19.3 Å². The van der Waals surface area contributed by atoms with E-state index in [4.69, 9.17) is 9.97 Å². The molecule has 5 aromatic rings. The number of aromatic nitrogens is 3. The number of pyridine rings is 2. The fourth-order valence-electron chi connectivity index (χ4n) is 5.58. The number of benzene rings is 2. The lowest BCUT2D eigenvalue weighted by atomic mass is 9.89. The normalized spacial score (nSPS) is 15.2. The van der Waals surface area contributed by atoms with Crippen LogP contribution in [0.5, 0.6) is 0 Å². The van der Waals surface area contributed by atoms with Crippen LogP contribution in [0.3, 0.4) is 0 Å². The van der Waals surface area contributed by atoms with Gasteiger partial charge >= 0.3 is 0 Å². The minimum Gasteiger partial charge on any atom is -0.306 e. The topological polar surface area (TPSA) is 33.4 Å². The molecule has 0 aliphatic carbocycles. The highest BCUT2D eigenvalue weighted by Gasteiger charge is 2.18. The van der Waals surface area contributed by atoms with Gasteiger partial charge in [0.1, 0.15) is 5.65 Å². The van der Waals surface area contributed by atoms with Gasteiger partial charge in [0.25, 0.3) is 0 Å². The highest BCUT2D eigenvalue weighted by atomic mass is 15.1. The molecule has 0 unspecified atom stereocenters. The summed E-state index contributed by atoms with van der Waals surface area (Å²) in [6.07, 6.45) is 10.00. The van der Waals surface area contributed by atoms with Crippen molar-refractivity contribution < 1.29 is 0 Å². The summed E-state index contributed by atoms with van der Waals surface area (Å²) in [4.78, 5) is 12.2. The van der Waals surface area contributed by atoms with E-state index in [-0.39, 0.29) is 0 Å². The number of aryl methyl sites for hydroxylation is 1. The molecular formula is C32H34N4. The molecule has 1 fully saturated rings. The van der Waals surface area contributed by atoms with Gasteiger partial charge in [-0.1, -0.05) is 55.8 Å². The zero-order valence-electron chi connectivity index (χ0n) is 21.3. The number of hydrogen-bond acceptors (Lipinski definition) is 3. The molecule has 2 aromatic carbocycles. The lowest BCUT2D eigenvalue weighted by Crippen LogP contribution is -2.29. The van der Waals surface area contributed by atoms with Crippen molar-refractivity contribution in [3.63, 3.8) is 0 Å². The molecule has 1 aliphatic rings. The van der Waals surface area contributed by atoms with Crippen molar-refractivity contribution in [2.45, 2.75) is 44.9 Å². The monoisotopic (exact) mass is 474 g/mol. The molecule has 1 aliphatic heterocycles. The van der Waals surface area contributed by atoms with Gasteiger partial charge in [0.05, 0.1) is 17.4 Å². The molecule has 182 valence electrons. The second kappa shape index (κ2) is 9.87. The molecule has 0 bridgehead atoms. The van der Waals surface area contributed by atoms with Crippen molar-refractivity contribution in [1.29, 1.82) is 0 Å². The summed E-state index contributed by atoms with van der Waals surface area (Å²) in [5.41, 5.74) is 9.42. The van der Waals surface area contributed by atoms with Gasteiger partial charge in [-0.3, -0.25) is 9.38 Å². The van der Waals surface area contributed by atoms with Crippen LogP contribution in [0.15, 0.2) is 79.1 Å². The predicted octanol–water partition coefficient (Wildman–Crippen LogP) is 7.37. The predicted molar refractivity (Wildman–Crippen MR) is 149 cm³/mol. The molecule has 0 spiro atoms. The van der Waals surface area contributed by atoms with Gasteiger partial charge in [0.15, 0.2) is 0 Å². The van der Waals surface area contributed by atoms with Crippen LogP contribution in [0.25, 0.3) is 38.9 Å². The Kier molecular flexibility index (Phi) is 6.28. The molecule has 36 heavy (non-hydrogen) atoms. The lowest BCUT2D eigenvalue weighted by molar-refractivity contribution is 0.255. The first-order chi connectivity index (χ1) is 17.7. The number of nitrogens with zero attached hydrogens (tertiary/aromatic N) is 4. The minimum atomic E-state index is 0.685. The van der Waals surface area contributed by atoms with E-state index in [9.17, 15) is 0 Å². The first kappa shape index (κ1) is 22.9. The third-order valence-electron chi connectivity index (χ3n) is 7.78. The fraction of sp³-hybridized carbons (Fsp3) is 0.312. The number of fused-ring (bicyclic) bond motifs is 2. The smallest absolute Gasteiger partial charge is 0.137 e. The Hall–Kier alpha value is -3.50. The molecule has 1 saturated heterocycles. The Morgan fingerprint density at radius 3 is 2.53 bits per heavy atom. The molecule has 0 amide bonds. The molecule has 4 heterocycles. The standard InChI is InChI=1S/C32H34N4/c1-3-4-7-27-21-29(28-8-5-6-9-30(28)34-27)31-22-33-32-20-26(16-19-36(31)32)24-12-10-23(11-13-24)25-14-17-35(2)18-15-25/h5-6,8-13,16,19-22,25H,3-4,7,14-15,17-18H2,1-2H3. The van der Waals surface area contributed by atoms with E-state index in [0.717, 1.165) is 35.4 Å². The molecule has 4 heteroatoms. The maximum absolute atomic E-state index is 4.93. The summed E-state index contributed by atoms with van der Waals surface area (Å²) in [5.74, 6) is 0.685. The van der Waals surface area contributed by atoms with Gasteiger partial charge in [-0.2, -0.15) is 0 Å². The summed E-state index contributed by atoms with van der Waals surface area (Å²) in [6, 6.07) is 24.3. The SMILES string of the molecule is CCCCc1cc(-c2cnc3cc(-c4ccc(C5CCN(C)CC5)cc4)ccn23)c2ccccc2n1. The van der Waals surface area contributed by atoms with E-state index < -0.39 is 0 Å². The van der Waals surface area contributed by atoms with Crippen LogP contribution in [-0.4, -0.2) is 39.4 Å². The fourth-order valence-corrected chi connectivity index (χ4v) is 5.58. The summed E-state index contributed by atoms with van der Waals surface area (Å²) in [5, 5.41) is 1.17. The zero-order chi connectivity index (χ0) is 24.5. The van der Waals surface area contributed by atoms with E-state index >= 15 is 0 Å². The Morgan fingerprint density at radius 2 is 1.72 bits per heavy atom. The molecule has 0 saturated carbocycles. The van der Waals surface area contributed by atoms with Crippen molar-refractivity contribution >= 4 is 16.6 Å². The second-order valence-corrected chi connectivity index (χ2v) is 10.3. The summed E-state index contributed by atoms with van der Waals surface area (Å²) >= 11 is 0. The van der Waals surface area contributed by atoms with Crippen molar-refractivity contribution in [3.8, 4) is 22.4 Å². The van der Waals surface area contributed by atoms with Crippen molar-refractivity contribution in [3.05, 3.63) is 90.4 Å². The molecule has 4 nitrogen and oxygen atoms in total. The lowest BCUT2D eigenvalue weighted by Gasteiger charge is -2.29. The molecule has 6 rings (SSSR count). The number of likely N-dealkylation sites (tertiary alicyclic amines) is 1. The largest absolute Gasteiger partial charge is 0.306 e. The Morgan fingerprint density at radius 1 is 0.917 bits per heavy atom. The van der Waals surface area contributed by atoms with Gasteiger partial charge in [-0.05, 0) is 92.7 Å². The van der Waals surface area contributed by atoms with Gasteiger partial charge < -0.3 is 4.90 Å². The van der Waals surface area contributed by atoms with Gasteiger partial charge in [0.2, 0.25) is 0 Å². The van der Waals surface area contributed by atoms with E-state index in [1.807, 2.05) is 6.20 Å². The van der Waals surface area contributed by atoms with E-state index in [1.165, 1.54) is 60.0 Å². The van der Waals surface area contributed by atoms with Crippen LogP contribution in [-0.2, 0) is 6.42 Å². The number of para-hydroxylation sites is 1. The Labute approximate surface area is 213 Å². The highest BCUT2D eigenvalue weighted by molar-refractivity contribution is 5.94. The van der Waals surface area contributed by atoms with Crippen LogP contribution >= 0.6 is 0 Å². The van der Waals surface area contributed by atoms with Crippen LogP contribution in [0.1, 0.15) is 49.8 Å². The Balaban J connectivity index is 1.33. The van der Waals surface area contributed by atoms with Crippen LogP contribution in [0.4, 0.5) is 0 Å². The number of unbranched alkanes of at least 4 members (excludes halogenated alkanes) is 1. The van der Waals surface area contributed by atoms with Crippen molar-refractivity contribution in [2.75, 3.05) is 20.1 Å². The van der Waals surface area contributed by atoms with Gasteiger partial charge in [0, 0.05) is 22.8 Å². The quantitative estimate of drug-likeness (QED) is 0.258. The third-order valence-corrected chi connectivity index (χ3v) is 7.78. The molecule has 0 N–H and O–H groups in total. The molecular weight excluding hydrogens is 440 g/mol. The summed E-state index contributed by atoms with van der Waals surface area (Å²) in [7, 11) is 2.22. The van der Waals surface area contributed by atoms with Crippen LogP contribution in [0.2, 0.25) is 0 Å². The summed E-state index contributed by atoms with van der Waals surface area (Å²) in [6.45, 7) is 4.61. The van der Waals surface area contributed by atoms with E-state index in [2.05, 4.69) is 96.2 Å². The molecule has 0 radical (unpaired) electrons. The zero-order valence-corrected chi connectivity index (χ0v) is 21.3. The van der Waals surface area contributed by atoms with Crippen LogP contribution in [0, 0.1) is 0 Å². The van der Waals surface area contributed by atoms with Gasteiger partial charge in [-0.15, -0.1) is 0 Å². The third kappa shape index (κ3) is 4.42. The number of hydrogen-bond donors (Lipinski definition) is 0. The first-order valence-electron chi connectivity index (χ1n) is 13.3.